The Morgan fingerprint density at radius 1 is 0.750 bits per heavy atom. The Hall–Kier alpha value is -1.06. The van der Waals surface area contributed by atoms with Crippen molar-refractivity contribution in [2.75, 3.05) is 0 Å². The van der Waals surface area contributed by atoms with Crippen molar-refractivity contribution < 1.29 is 19.1 Å². The third-order valence-corrected chi connectivity index (χ3v) is 4.83. The van der Waals surface area contributed by atoms with Crippen LogP contribution in [0.5, 0.6) is 0 Å². The van der Waals surface area contributed by atoms with Crippen LogP contribution in [0.15, 0.2) is 0 Å². The van der Waals surface area contributed by atoms with Gasteiger partial charge in [-0.2, -0.15) is 0 Å². The molecule has 0 aromatic carbocycles. The molecule has 2 aliphatic heterocycles. The van der Waals surface area contributed by atoms with Crippen molar-refractivity contribution in [2.45, 2.75) is 66.6 Å². The number of rotatable bonds is 2. The minimum absolute atomic E-state index is 0.0284. The van der Waals surface area contributed by atoms with Crippen molar-refractivity contribution in [3.8, 4) is 0 Å². The molecule has 116 valence electrons. The molecule has 6 atom stereocenters. The monoisotopic (exact) mass is 284 g/mol. The second-order valence-electron chi connectivity index (χ2n) is 6.06. The number of ether oxygens (including phenoxy) is 2. The van der Waals surface area contributed by atoms with Crippen LogP contribution < -0.4 is 0 Å². The second-order valence-corrected chi connectivity index (χ2v) is 6.06. The molecule has 0 radical (unpaired) electrons. The molecule has 0 aromatic rings. The van der Waals surface area contributed by atoms with Gasteiger partial charge in [0.25, 0.3) is 0 Å². The molecular formula is C16H28O4. The predicted octanol–water partition coefficient (Wildman–Crippen LogP) is 3.19. The van der Waals surface area contributed by atoms with E-state index in [0.29, 0.717) is 11.8 Å². The molecule has 0 saturated carbocycles. The predicted molar refractivity (Wildman–Crippen MR) is 77.0 cm³/mol. The van der Waals surface area contributed by atoms with Crippen molar-refractivity contribution in [3.63, 3.8) is 0 Å². The molecule has 4 heteroatoms. The van der Waals surface area contributed by atoms with Gasteiger partial charge in [0.2, 0.25) is 0 Å². The summed E-state index contributed by atoms with van der Waals surface area (Å²) in [5, 5.41) is 0. The molecule has 0 aromatic heterocycles. The summed E-state index contributed by atoms with van der Waals surface area (Å²) < 4.78 is 10.2. The van der Waals surface area contributed by atoms with E-state index in [-0.39, 0.29) is 36.0 Å². The van der Waals surface area contributed by atoms with Crippen LogP contribution in [0.25, 0.3) is 0 Å². The van der Waals surface area contributed by atoms with Crippen molar-refractivity contribution >= 4 is 11.9 Å². The Morgan fingerprint density at radius 2 is 1.05 bits per heavy atom. The van der Waals surface area contributed by atoms with Gasteiger partial charge in [-0.1, -0.05) is 41.5 Å². The van der Waals surface area contributed by atoms with Gasteiger partial charge in [-0.25, -0.2) is 0 Å². The average molecular weight is 284 g/mol. The van der Waals surface area contributed by atoms with Crippen LogP contribution in [-0.2, 0) is 19.1 Å². The lowest BCUT2D eigenvalue weighted by molar-refractivity contribution is -0.144. The van der Waals surface area contributed by atoms with Crippen LogP contribution >= 0.6 is 0 Å². The van der Waals surface area contributed by atoms with Crippen LogP contribution in [-0.4, -0.2) is 24.1 Å². The Kier molecular flexibility index (Phi) is 6.03. The highest BCUT2D eigenvalue weighted by Gasteiger charge is 2.37. The van der Waals surface area contributed by atoms with E-state index in [1.165, 1.54) is 0 Å². The number of carbonyl (C=O) groups excluding carboxylic acids is 2. The quantitative estimate of drug-likeness (QED) is 0.731. The van der Waals surface area contributed by atoms with E-state index >= 15 is 0 Å². The Bertz CT molecular complexity index is 318. The van der Waals surface area contributed by atoms with Gasteiger partial charge < -0.3 is 9.47 Å². The fourth-order valence-corrected chi connectivity index (χ4v) is 2.71. The van der Waals surface area contributed by atoms with Gasteiger partial charge in [0.1, 0.15) is 12.2 Å². The molecule has 2 fully saturated rings. The van der Waals surface area contributed by atoms with E-state index in [2.05, 4.69) is 13.8 Å². The third-order valence-electron chi connectivity index (χ3n) is 4.83. The van der Waals surface area contributed by atoms with E-state index in [1.54, 1.807) is 0 Å². The molecule has 2 rings (SSSR count). The lowest BCUT2D eigenvalue weighted by atomic mass is 9.93. The standard InChI is InChI=1S/2C8H14O2/c2*1-4-7-5(2)6(3)8(9)10-7/h2*5-7H,4H2,1-3H3/t2*5-,6-,7?/m00/s1. The van der Waals surface area contributed by atoms with Crippen LogP contribution in [0, 0.1) is 23.7 Å². The Morgan fingerprint density at radius 3 is 1.15 bits per heavy atom. The highest BCUT2D eigenvalue weighted by molar-refractivity contribution is 5.75. The fraction of sp³-hybridized carbons (Fsp3) is 0.875. The number of carbonyl (C=O) groups is 2. The van der Waals surface area contributed by atoms with Gasteiger partial charge in [-0.05, 0) is 12.8 Å². The van der Waals surface area contributed by atoms with Gasteiger partial charge in [0.15, 0.2) is 0 Å². The van der Waals surface area contributed by atoms with Crippen LogP contribution in [0.4, 0.5) is 0 Å². The molecule has 2 unspecified atom stereocenters. The van der Waals surface area contributed by atoms with Crippen LogP contribution in [0.3, 0.4) is 0 Å². The molecular weight excluding hydrogens is 256 g/mol. The van der Waals surface area contributed by atoms with Gasteiger partial charge in [0.05, 0.1) is 11.8 Å². The van der Waals surface area contributed by atoms with Crippen LogP contribution in [0.2, 0.25) is 0 Å². The van der Waals surface area contributed by atoms with Gasteiger partial charge in [-0.3, -0.25) is 9.59 Å². The summed E-state index contributed by atoms with van der Waals surface area (Å²) in [4.78, 5) is 21.9. The van der Waals surface area contributed by atoms with Gasteiger partial charge in [-0.15, -0.1) is 0 Å². The maximum Gasteiger partial charge on any atom is 0.309 e. The first-order chi connectivity index (χ1) is 9.33. The summed E-state index contributed by atoms with van der Waals surface area (Å²) in [7, 11) is 0. The molecule has 0 aliphatic carbocycles. The first-order valence-corrected chi connectivity index (χ1v) is 7.74. The number of hydrogen-bond donors (Lipinski definition) is 0. The number of cyclic esters (lactones) is 2. The van der Waals surface area contributed by atoms with Crippen LogP contribution in [0.1, 0.15) is 54.4 Å². The molecule has 2 heterocycles. The first-order valence-electron chi connectivity index (χ1n) is 7.74. The SMILES string of the molecule is CCC1OC(=O)[C@@H](C)[C@@H]1C.CCC1OC(=O)[C@@H](C)[C@@H]1C. The molecule has 0 bridgehead atoms. The summed E-state index contributed by atoms with van der Waals surface area (Å²) in [6, 6.07) is 0. The van der Waals surface area contributed by atoms with Gasteiger partial charge in [0, 0.05) is 11.8 Å². The smallest absolute Gasteiger partial charge is 0.309 e. The number of hydrogen-bond acceptors (Lipinski definition) is 4. The zero-order valence-electron chi connectivity index (χ0n) is 13.5. The highest BCUT2D eigenvalue weighted by Crippen LogP contribution is 2.29. The molecule has 20 heavy (non-hydrogen) atoms. The largest absolute Gasteiger partial charge is 0.462 e. The molecule has 2 saturated heterocycles. The molecule has 0 N–H and O–H groups in total. The van der Waals surface area contributed by atoms with Crippen molar-refractivity contribution in [3.05, 3.63) is 0 Å². The lowest BCUT2D eigenvalue weighted by Gasteiger charge is -2.10. The maximum absolute atomic E-state index is 10.9. The van der Waals surface area contributed by atoms with E-state index in [4.69, 9.17) is 9.47 Å². The summed E-state index contributed by atoms with van der Waals surface area (Å²) in [6.45, 7) is 12.1. The fourth-order valence-electron chi connectivity index (χ4n) is 2.71. The molecule has 4 nitrogen and oxygen atoms in total. The molecule has 2 aliphatic rings. The molecule has 0 amide bonds. The summed E-state index contributed by atoms with van der Waals surface area (Å²) in [5.74, 6) is 0.948. The Labute approximate surface area is 122 Å². The first kappa shape index (κ1) is 17.0. The molecule has 0 spiro atoms. The van der Waals surface area contributed by atoms with E-state index in [9.17, 15) is 9.59 Å². The van der Waals surface area contributed by atoms with Crippen molar-refractivity contribution in [2.24, 2.45) is 23.7 Å². The summed E-state index contributed by atoms with van der Waals surface area (Å²) in [5.41, 5.74) is 0. The summed E-state index contributed by atoms with van der Waals surface area (Å²) in [6.07, 6.45) is 2.22. The normalized spacial score (nSPS) is 39.9. The minimum Gasteiger partial charge on any atom is -0.462 e. The minimum atomic E-state index is -0.0284. The zero-order valence-corrected chi connectivity index (χ0v) is 13.5. The Balaban J connectivity index is 0.000000200. The average Bonchev–Trinajstić information content (AvgIpc) is 2.84. The summed E-state index contributed by atoms with van der Waals surface area (Å²) >= 11 is 0. The number of esters is 2. The third kappa shape index (κ3) is 3.53. The van der Waals surface area contributed by atoms with Crippen molar-refractivity contribution in [1.29, 1.82) is 0 Å². The second kappa shape index (κ2) is 7.09. The van der Waals surface area contributed by atoms with E-state index in [0.717, 1.165) is 12.8 Å². The zero-order chi connectivity index (χ0) is 15.4. The van der Waals surface area contributed by atoms with Crippen molar-refractivity contribution in [1.82, 2.24) is 0 Å². The van der Waals surface area contributed by atoms with Gasteiger partial charge >= 0.3 is 11.9 Å². The van der Waals surface area contributed by atoms with E-state index in [1.807, 2.05) is 27.7 Å². The lowest BCUT2D eigenvalue weighted by Crippen LogP contribution is -2.14. The highest BCUT2D eigenvalue weighted by atomic mass is 16.6. The van der Waals surface area contributed by atoms with E-state index < -0.39 is 0 Å². The maximum atomic E-state index is 10.9. The topological polar surface area (TPSA) is 52.6 Å².